The lowest BCUT2D eigenvalue weighted by Crippen LogP contribution is -2.48. The van der Waals surface area contributed by atoms with Crippen LogP contribution in [0, 0.1) is 5.82 Å². The van der Waals surface area contributed by atoms with Gasteiger partial charge in [-0.25, -0.2) is 9.18 Å². The number of nitrogens with zero attached hydrogens (tertiary/aromatic N) is 2. The van der Waals surface area contributed by atoms with E-state index in [1.54, 1.807) is 6.07 Å². The zero-order chi connectivity index (χ0) is 21.1. The molecule has 2 heterocycles. The maximum atomic E-state index is 13.2. The van der Waals surface area contributed by atoms with Crippen molar-refractivity contribution in [2.75, 3.05) is 25.4 Å². The zero-order valence-corrected chi connectivity index (χ0v) is 17.9. The Kier molecular flexibility index (Phi) is 6.49. The third-order valence-electron chi connectivity index (χ3n) is 5.55. The van der Waals surface area contributed by atoms with Gasteiger partial charge in [-0.05, 0) is 36.6 Å². The molecule has 2 aromatic carbocycles. The van der Waals surface area contributed by atoms with Gasteiger partial charge in [0, 0.05) is 24.0 Å². The first-order valence-electron chi connectivity index (χ1n) is 9.88. The van der Waals surface area contributed by atoms with Gasteiger partial charge in [0.25, 0.3) is 0 Å². The van der Waals surface area contributed by atoms with Crippen LogP contribution < -0.4 is 0 Å². The fraction of sp³-hybridized carbons (Fsp3) is 0.364. The molecule has 2 aliphatic heterocycles. The first-order valence-corrected chi connectivity index (χ1v) is 11.2. The summed E-state index contributed by atoms with van der Waals surface area (Å²) in [5.74, 6) is -0.136. The van der Waals surface area contributed by atoms with Crippen LogP contribution in [-0.4, -0.2) is 53.3 Å². The Morgan fingerprint density at radius 2 is 1.90 bits per heavy atom. The van der Waals surface area contributed by atoms with E-state index in [-0.39, 0.29) is 29.8 Å². The van der Waals surface area contributed by atoms with Gasteiger partial charge in [-0.1, -0.05) is 41.9 Å². The first kappa shape index (κ1) is 21.0. The van der Waals surface area contributed by atoms with Crippen LogP contribution in [0.3, 0.4) is 0 Å². The van der Waals surface area contributed by atoms with Crippen molar-refractivity contribution >= 4 is 35.4 Å². The molecule has 2 aromatic rings. The minimum absolute atomic E-state index is 0.0162. The van der Waals surface area contributed by atoms with E-state index >= 15 is 0 Å². The summed E-state index contributed by atoms with van der Waals surface area (Å²) in [4.78, 5) is 29.3. The molecule has 2 aliphatic rings. The van der Waals surface area contributed by atoms with E-state index in [0.717, 1.165) is 5.56 Å². The van der Waals surface area contributed by atoms with Gasteiger partial charge in [0.2, 0.25) is 5.91 Å². The second-order valence-electron chi connectivity index (χ2n) is 7.39. The Labute approximate surface area is 184 Å². The second-order valence-corrected chi connectivity index (χ2v) is 8.81. The monoisotopic (exact) mass is 448 g/mol. The Balaban J connectivity index is 1.33. The summed E-state index contributed by atoms with van der Waals surface area (Å²) in [5.41, 5.74) is 1.06. The van der Waals surface area contributed by atoms with Crippen LogP contribution in [0.4, 0.5) is 9.18 Å². The van der Waals surface area contributed by atoms with Crippen molar-refractivity contribution in [1.29, 1.82) is 0 Å². The second kappa shape index (κ2) is 9.27. The number of rotatable bonds is 5. The minimum atomic E-state index is -0.396. The van der Waals surface area contributed by atoms with Gasteiger partial charge in [0.05, 0.1) is 16.8 Å². The summed E-state index contributed by atoms with van der Waals surface area (Å²) >= 11 is 7.34. The van der Waals surface area contributed by atoms with Crippen molar-refractivity contribution in [3.63, 3.8) is 0 Å². The molecule has 0 N–H and O–H groups in total. The molecule has 2 fully saturated rings. The van der Waals surface area contributed by atoms with E-state index in [1.165, 1.54) is 23.9 Å². The van der Waals surface area contributed by atoms with Crippen LogP contribution in [0.2, 0.25) is 5.02 Å². The minimum Gasteiger partial charge on any atom is -0.447 e. The Bertz CT molecular complexity index is 922. The van der Waals surface area contributed by atoms with Crippen LogP contribution in [0.1, 0.15) is 24.4 Å². The van der Waals surface area contributed by atoms with Crippen molar-refractivity contribution in [1.82, 2.24) is 9.80 Å². The van der Waals surface area contributed by atoms with Crippen molar-refractivity contribution in [3.8, 4) is 0 Å². The summed E-state index contributed by atoms with van der Waals surface area (Å²) in [6, 6.07) is 14.0. The van der Waals surface area contributed by atoms with Gasteiger partial charge >= 0.3 is 6.09 Å². The van der Waals surface area contributed by atoms with Crippen molar-refractivity contribution in [2.24, 2.45) is 0 Å². The van der Waals surface area contributed by atoms with E-state index in [0.29, 0.717) is 42.5 Å². The quantitative estimate of drug-likeness (QED) is 0.619. The number of amides is 2. The van der Waals surface area contributed by atoms with E-state index in [9.17, 15) is 14.0 Å². The number of benzene rings is 2. The van der Waals surface area contributed by atoms with E-state index < -0.39 is 5.82 Å². The van der Waals surface area contributed by atoms with Gasteiger partial charge in [-0.3, -0.25) is 9.69 Å². The molecule has 0 spiro atoms. The highest BCUT2D eigenvalue weighted by Gasteiger charge is 2.40. The van der Waals surface area contributed by atoms with Crippen LogP contribution >= 0.6 is 23.4 Å². The molecule has 0 radical (unpaired) electrons. The Hall–Kier alpha value is -2.25. The Morgan fingerprint density at radius 3 is 2.60 bits per heavy atom. The van der Waals surface area contributed by atoms with Gasteiger partial charge in [-0.15, -0.1) is 11.8 Å². The largest absolute Gasteiger partial charge is 0.447 e. The van der Waals surface area contributed by atoms with Crippen LogP contribution in [0.25, 0.3) is 0 Å². The number of carbonyl (C=O) groups excluding carboxylic acids is 2. The van der Waals surface area contributed by atoms with Crippen molar-refractivity contribution in [2.45, 2.75) is 29.8 Å². The number of halogens is 2. The number of hydrogen-bond acceptors (Lipinski definition) is 4. The maximum Gasteiger partial charge on any atom is 0.410 e. The number of likely N-dealkylation sites (tertiary alicyclic amines) is 1. The topological polar surface area (TPSA) is 49.9 Å². The summed E-state index contributed by atoms with van der Waals surface area (Å²) in [6.07, 6.45) is 1.15. The maximum absolute atomic E-state index is 13.2. The molecule has 0 unspecified atom stereocenters. The Morgan fingerprint density at radius 1 is 1.17 bits per heavy atom. The van der Waals surface area contributed by atoms with Gasteiger partial charge < -0.3 is 9.64 Å². The molecule has 2 amide bonds. The summed E-state index contributed by atoms with van der Waals surface area (Å²) in [6.45, 7) is 1.54. The van der Waals surface area contributed by atoms with Crippen LogP contribution in [0.5, 0.6) is 0 Å². The fourth-order valence-corrected chi connectivity index (χ4v) is 5.14. The molecule has 0 aliphatic carbocycles. The molecule has 1 atom stereocenters. The SMILES string of the molecule is O=C(CSc1ccc(F)cc1Cl)N1CCC(N2C(=O)OC[C@H]2c2ccccc2)CC1. The fourth-order valence-electron chi connectivity index (χ4n) is 3.98. The predicted octanol–water partition coefficient (Wildman–Crippen LogP) is 4.76. The molecular formula is C22H22ClFN2O3S. The number of hydrogen-bond donors (Lipinski definition) is 0. The van der Waals surface area contributed by atoms with Gasteiger partial charge in [-0.2, -0.15) is 0 Å². The summed E-state index contributed by atoms with van der Waals surface area (Å²) < 4.78 is 18.5. The first-order chi connectivity index (χ1) is 14.5. The smallest absolute Gasteiger partial charge is 0.410 e. The third-order valence-corrected chi connectivity index (χ3v) is 7.03. The molecule has 30 heavy (non-hydrogen) atoms. The molecule has 2 saturated heterocycles. The third kappa shape index (κ3) is 4.57. The molecule has 0 bridgehead atoms. The summed E-state index contributed by atoms with van der Waals surface area (Å²) in [5, 5.41) is 0.311. The number of cyclic esters (lactones) is 1. The highest BCUT2D eigenvalue weighted by atomic mass is 35.5. The molecule has 0 saturated carbocycles. The highest BCUT2D eigenvalue weighted by molar-refractivity contribution is 8.00. The number of ether oxygens (including phenoxy) is 1. The average Bonchev–Trinajstić information content (AvgIpc) is 3.15. The summed E-state index contributed by atoms with van der Waals surface area (Å²) in [7, 11) is 0. The number of piperidine rings is 1. The average molecular weight is 449 g/mol. The van der Waals surface area contributed by atoms with E-state index in [2.05, 4.69) is 0 Å². The highest BCUT2D eigenvalue weighted by Crippen LogP contribution is 2.33. The van der Waals surface area contributed by atoms with Gasteiger partial charge in [0.1, 0.15) is 12.4 Å². The molecular weight excluding hydrogens is 427 g/mol. The van der Waals surface area contributed by atoms with Crippen LogP contribution in [0.15, 0.2) is 53.4 Å². The predicted molar refractivity (Wildman–Crippen MR) is 114 cm³/mol. The molecule has 158 valence electrons. The lowest BCUT2D eigenvalue weighted by atomic mass is 9.99. The van der Waals surface area contributed by atoms with E-state index in [4.69, 9.17) is 16.3 Å². The van der Waals surface area contributed by atoms with E-state index in [1.807, 2.05) is 40.1 Å². The number of thioether (sulfide) groups is 1. The number of carbonyl (C=O) groups is 2. The standard InChI is InChI=1S/C22H22ClFN2O3S/c23-18-12-16(24)6-7-20(18)30-14-21(27)25-10-8-17(9-11-25)26-19(13-29-22(26)28)15-4-2-1-3-5-15/h1-7,12,17,19H,8-11,13-14H2/t19-/m0/s1. The molecule has 8 heteroatoms. The molecule has 5 nitrogen and oxygen atoms in total. The van der Waals surface area contributed by atoms with Crippen molar-refractivity contribution < 1.29 is 18.7 Å². The van der Waals surface area contributed by atoms with Gasteiger partial charge in [0.15, 0.2) is 0 Å². The lowest BCUT2D eigenvalue weighted by molar-refractivity contribution is -0.129. The van der Waals surface area contributed by atoms with Crippen LogP contribution in [-0.2, 0) is 9.53 Å². The normalized spacial score (nSPS) is 19.8. The molecule has 0 aromatic heterocycles. The lowest BCUT2D eigenvalue weighted by Gasteiger charge is -2.38. The van der Waals surface area contributed by atoms with Crippen molar-refractivity contribution in [3.05, 3.63) is 64.9 Å². The zero-order valence-electron chi connectivity index (χ0n) is 16.3. The molecule has 4 rings (SSSR count).